The molecule has 0 saturated carbocycles. The third kappa shape index (κ3) is 4.97. The quantitative estimate of drug-likeness (QED) is 0.780. The third-order valence-corrected chi connectivity index (χ3v) is 5.82. The number of fused-ring (bicyclic) bond motifs is 1. The zero-order chi connectivity index (χ0) is 19.8. The molecule has 1 fully saturated rings. The molecule has 150 valence electrons. The van der Waals surface area contributed by atoms with Crippen LogP contribution in [0.5, 0.6) is 0 Å². The van der Waals surface area contributed by atoms with Gasteiger partial charge in [-0.3, -0.25) is 4.79 Å². The summed E-state index contributed by atoms with van der Waals surface area (Å²) in [4.78, 5) is 34.3. The zero-order valence-electron chi connectivity index (χ0n) is 16.4. The van der Waals surface area contributed by atoms with Gasteiger partial charge >= 0.3 is 6.09 Å². The Morgan fingerprint density at radius 3 is 2.74 bits per heavy atom. The number of hydrogen-bond acceptors (Lipinski definition) is 7. The van der Waals surface area contributed by atoms with Gasteiger partial charge in [-0.2, -0.15) is 0 Å². The second-order valence-electron chi connectivity index (χ2n) is 8.34. The van der Waals surface area contributed by atoms with Gasteiger partial charge < -0.3 is 25.6 Å². The van der Waals surface area contributed by atoms with Crippen LogP contribution < -0.4 is 11.1 Å². The molecule has 0 radical (unpaired) electrons. The van der Waals surface area contributed by atoms with Crippen molar-refractivity contribution in [3.05, 3.63) is 15.6 Å². The third-order valence-electron chi connectivity index (χ3n) is 4.74. The second-order valence-corrected chi connectivity index (χ2v) is 9.42. The fourth-order valence-corrected chi connectivity index (χ4v) is 4.40. The summed E-state index contributed by atoms with van der Waals surface area (Å²) >= 11 is 1.46. The Hall–Kier alpha value is -1.71. The summed E-state index contributed by atoms with van der Waals surface area (Å²) in [5.74, 6) is -0.178. The van der Waals surface area contributed by atoms with Crippen LogP contribution in [0, 0.1) is 0 Å². The summed E-state index contributed by atoms with van der Waals surface area (Å²) in [5, 5.41) is 3.50. The van der Waals surface area contributed by atoms with Gasteiger partial charge in [-0.25, -0.2) is 9.78 Å². The number of piperidine rings is 1. The first kappa shape index (κ1) is 20.0. The van der Waals surface area contributed by atoms with Gasteiger partial charge in [0.2, 0.25) is 0 Å². The van der Waals surface area contributed by atoms with Gasteiger partial charge in [0.05, 0.1) is 5.69 Å². The van der Waals surface area contributed by atoms with E-state index in [1.54, 1.807) is 4.90 Å². The molecule has 1 aromatic heterocycles. The highest BCUT2D eigenvalue weighted by Crippen LogP contribution is 2.25. The van der Waals surface area contributed by atoms with Crippen LogP contribution in [0.25, 0.3) is 0 Å². The number of rotatable bonds is 2. The van der Waals surface area contributed by atoms with E-state index in [1.165, 1.54) is 11.3 Å². The van der Waals surface area contributed by atoms with Crippen LogP contribution in [0.3, 0.4) is 0 Å². The smallest absolute Gasteiger partial charge is 0.410 e. The van der Waals surface area contributed by atoms with E-state index >= 15 is 0 Å². The van der Waals surface area contributed by atoms with Crippen LogP contribution in [0.1, 0.15) is 47.6 Å². The second kappa shape index (κ2) is 7.73. The number of likely N-dealkylation sites (N-methyl/N-ethyl adjacent to an activating group) is 1. The number of hydrogen-bond donors (Lipinski definition) is 2. The maximum atomic E-state index is 12.6. The lowest BCUT2D eigenvalue weighted by Crippen LogP contribution is -2.59. The molecule has 2 amide bonds. The number of nitrogens with one attached hydrogen (secondary N) is 1. The average molecular weight is 396 g/mol. The summed E-state index contributed by atoms with van der Waals surface area (Å²) in [5.41, 5.74) is 6.72. The molecule has 3 rings (SSSR count). The number of ether oxygens (including phenoxy) is 1. The fraction of sp³-hybridized carbons (Fsp3) is 0.722. The Labute approximate surface area is 164 Å². The minimum atomic E-state index is -0.537. The normalized spacial score (nSPS) is 23.7. The van der Waals surface area contributed by atoms with Crippen LogP contribution >= 0.6 is 11.3 Å². The molecule has 2 aliphatic rings. The van der Waals surface area contributed by atoms with Crippen molar-refractivity contribution >= 4 is 23.3 Å². The van der Waals surface area contributed by atoms with Gasteiger partial charge in [-0.15, -0.1) is 11.3 Å². The molecule has 9 heteroatoms. The van der Waals surface area contributed by atoms with Crippen molar-refractivity contribution in [3.8, 4) is 0 Å². The van der Waals surface area contributed by atoms with Crippen molar-refractivity contribution in [1.29, 1.82) is 0 Å². The van der Waals surface area contributed by atoms with Gasteiger partial charge in [-0.1, -0.05) is 0 Å². The predicted molar refractivity (Wildman–Crippen MR) is 104 cm³/mol. The largest absolute Gasteiger partial charge is 0.444 e. The standard InChI is InChI=1S/C18H29N5O3S/c1-18(2,3)26-17(25)23-8-6-12(11(19)9-23)20-15(24)16-21-13-5-7-22(4)10-14(13)27-16/h11-12H,5-10,19H2,1-4H3,(H,20,24). The van der Waals surface area contributed by atoms with E-state index in [2.05, 4.69) is 22.2 Å². The molecule has 2 unspecified atom stereocenters. The summed E-state index contributed by atoms with van der Waals surface area (Å²) in [7, 11) is 2.07. The van der Waals surface area contributed by atoms with Crippen LogP contribution in [0.4, 0.5) is 4.79 Å². The minimum Gasteiger partial charge on any atom is -0.444 e. The molecule has 3 heterocycles. The highest BCUT2D eigenvalue weighted by Gasteiger charge is 2.33. The highest BCUT2D eigenvalue weighted by molar-refractivity contribution is 7.13. The summed E-state index contributed by atoms with van der Waals surface area (Å²) in [6.45, 7) is 8.18. The van der Waals surface area contributed by atoms with E-state index in [4.69, 9.17) is 10.5 Å². The predicted octanol–water partition coefficient (Wildman–Crippen LogP) is 1.20. The molecule has 0 spiro atoms. The number of nitrogens with zero attached hydrogens (tertiary/aromatic N) is 3. The SMILES string of the molecule is CN1CCc2nc(C(=O)NC3CCN(C(=O)OC(C)(C)C)CC3N)sc2C1. The number of carbonyl (C=O) groups excluding carboxylic acids is 2. The number of thiazole rings is 1. The number of likely N-dealkylation sites (tertiary alicyclic amines) is 1. The zero-order valence-corrected chi connectivity index (χ0v) is 17.3. The first-order valence-electron chi connectivity index (χ1n) is 9.34. The van der Waals surface area contributed by atoms with Crippen LogP contribution in [-0.2, 0) is 17.7 Å². The van der Waals surface area contributed by atoms with Gasteiger partial charge in [0.25, 0.3) is 5.91 Å². The maximum absolute atomic E-state index is 12.6. The van der Waals surface area contributed by atoms with E-state index in [1.807, 2.05) is 20.8 Å². The molecule has 3 N–H and O–H groups in total. The molecule has 2 atom stereocenters. The summed E-state index contributed by atoms with van der Waals surface area (Å²) in [6.07, 6.45) is 1.11. The average Bonchev–Trinajstić information content (AvgIpc) is 2.98. The van der Waals surface area contributed by atoms with E-state index in [0.717, 1.165) is 30.1 Å². The van der Waals surface area contributed by atoms with Crippen molar-refractivity contribution in [2.24, 2.45) is 5.73 Å². The Morgan fingerprint density at radius 1 is 1.33 bits per heavy atom. The van der Waals surface area contributed by atoms with Crippen molar-refractivity contribution in [1.82, 2.24) is 20.1 Å². The van der Waals surface area contributed by atoms with Crippen molar-refractivity contribution < 1.29 is 14.3 Å². The summed E-state index contributed by atoms with van der Waals surface area (Å²) in [6, 6.07) is -0.518. The van der Waals surface area contributed by atoms with Gasteiger partial charge in [0.1, 0.15) is 5.60 Å². The molecule has 0 aliphatic carbocycles. The highest BCUT2D eigenvalue weighted by atomic mass is 32.1. The Kier molecular flexibility index (Phi) is 5.73. The topological polar surface area (TPSA) is 101 Å². The molecule has 0 bridgehead atoms. The number of nitrogens with two attached hydrogens (primary N) is 1. The molecule has 1 aromatic rings. The molecule has 1 saturated heterocycles. The fourth-order valence-electron chi connectivity index (χ4n) is 3.30. The monoisotopic (exact) mass is 395 g/mol. The molecule has 27 heavy (non-hydrogen) atoms. The molecule has 0 aromatic carbocycles. The van der Waals surface area contributed by atoms with Crippen molar-refractivity contribution in [3.63, 3.8) is 0 Å². The van der Waals surface area contributed by atoms with Gasteiger partial charge in [-0.05, 0) is 34.2 Å². The first-order valence-corrected chi connectivity index (χ1v) is 10.2. The first-order chi connectivity index (χ1) is 12.6. The lowest BCUT2D eigenvalue weighted by atomic mass is 10.0. The Morgan fingerprint density at radius 2 is 2.07 bits per heavy atom. The molecular weight excluding hydrogens is 366 g/mol. The van der Waals surface area contributed by atoms with Gasteiger partial charge in [0.15, 0.2) is 5.01 Å². The Bertz CT molecular complexity index is 714. The van der Waals surface area contributed by atoms with Crippen LogP contribution in [-0.4, -0.2) is 71.2 Å². The number of carbonyl (C=O) groups is 2. The molecular formula is C18H29N5O3S. The number of aromatic nitrogens is 1. The van der Waals surface area contributed by atoms with E-state index in [0.29, 0.717) is 24.5 Å². The lowest BCUT2D eigenvalue weighted by Gasteiger charge is -2.37. The lowest BCUT2D eigenvalue weighted by molar-refractivity contribution is 0.0179. The van der Waals surface area contributed by atoms with E-state index in [-0.39, 0.29) is 24.1 Å². The van der Waals surface area contributed by atoms with Crippen LogP contribution in [0.2, 0.25) is 0 Å². The van der Waals surface area contributed by atoms with Gasteiger partial charge in [0, 0.05) is 49.6 Å². The summed E-state index contributed by atoms with van der Waals surface area (Å²) < 4.78 is 5.40. The van der Waals surface area contributed by atoms with E-state index < -0.39 is 5.60 Å². The Balaban J connectivity index is 1.56. The maximum Gasteiger partial charge on any atom is 0.410 e. The van der Waals surface area contributed by atoms with E-state index in [9.17, 15) is 9.59 Å². The number of amides is 2. The molecule has 2 aliphatic heterocycles. The van der Waals surface area contributed by atoms with Crippen LogP contribution in [0.15, 0.2) is 0 Å². The minimum absolute atomic E-state index is 0.178. The molecule has 8 nitrogen and oxygen atoms in total. The van der Waals surface area contributed by atoms with Crippen molar-refractivity contribution in [2.45, 2.75) is 57.8 Å². The van der Waals surface area contributed by atoms with Crippen molar-refractivity contribution in [2.75, 3.05) is 26.7 Å².